The highest BCUT2D eigenvalue weighted by molar-refractivity contribution is 6.30. The molecule has 0 radical (unpaired) electrons. The van der Waals surface area contributed by atoms with Crippen molar-refractivity contribution in [3.05, 3.63) is 64.9 Å². The standard InChI is InChI=1S/C20H23ClFN3O2/c1-3-25(12-15-5-4-6-17(22)11-15)20(27)14-24(2)13-19(26)23-18-9-7-16(21)8-10-18/h4-11H,3,12-14H2,1-2H3,(H,23,26). The van der Waals surface area contributed by atoms with Crippen LogP contribution in [0.3, 0.4) is 0 Å². The van der Waals surface area contributed by atoms with Crippen molar-refractivity contribution in [1.82, 2.24) is 9.80 Å². The molecule has 0 aliphatic heterocycles. The van der Waals surface area contributed by atoms with Crippen molar-refractivity contribution in [2.75, 3.05) is 32.0 Å². The van der Waals surface area contributed by atoms with Crippen LogP contribution in [0.4, 0.5) is 10.1 Å². The van der Waals surface area contributed by atoms with Crippen molar-refractivity contribution >= 4 is 29.1 Å². The summed E-state index contributed by atoms with van der Waals surface area (Å²) in [5, 5.41) is 3.35. The molecule has 0 aromatic heterocycles. The first-order chi connectivity index (χ1) is 12.9. The highest BCUT2D eigenvalue weighted by Crippen LogP contribution is 2.13. The van der Waals surface area contributed by atoms with Crippen LogP contribution in [0.25, 0.3) is 0 Å². The van der Waals surface area contributed by atoms with Gasteiger partial charge in [0.2, 0.25) is 11.8 Å². The summed E-state index contributed by atoms with van der Waals surface area (Å²) in [6.45, 7) is 2.87. The highest BCUT2D eigenvalue weighted by atomic mass is 35.5. The summed E-state index contributed by atoms with van der Waals surface area (Å²) in [5.74, 6) is -0.670. The van der Waals surface area contributed by atoms with Gasteiger partial charge in [0.15, 0.2) is 0 Å². The molecule has 7 heteroatoms. The monoisotopic (exact) mass is 391 g/mol. The lowest BCUT2D eigenvalue weighted by Gasteiger charge is -2.24. The molecule has 1 N–H and O–H groups in total. The number of hydrogen-bond donors (Lipinski definition) is 1. The van der Waals surface area contributed by atoms with Crippen molar-refractivity contribution in [2.24, 2.45) is 0 Å². The SMILES string of the molecule is CCN(Cc1cccc(F)c1)C(=O)CN(C)CC(=O)Nc1ccc(Cl)cc1. The number of halogens is 2. The molecule has 0 atom stereocenters. The molecular weight excluding hydrogens is 369 g/mol. The van der Waals surface area contributed by atoms with E-state index in [-0.39, 0.29) is 30.7 Å². The van der Waals surface area contributed by atoms with E-state index in [9.17, 15) is 14.0 Å². The van der Waals surface area contributed by atoms with Gasteiger partial charge in [-0.25, -0.2) is 4.39 Å². The predicted octanol–water partition coefficient (Wildman–Crippen LogP) is 3.40. The third-order valence-electron chi connectivity index (χ3n) is 3.94. The molecule has 2 rings (SSSR count). The van der Waals surface area contributed by atoms with Crippen LogP contribution in [-0.2, 0) is 16.1 Å². The molecule has 0 saturated carbocycles. The van der Waals surface area contributed by atoms with Crippen LogP contribution in [0, 0.1) is 5.82 Å². The van der Waals surface area contributed by atoms with Gasteiger partial charge in [-0.05, 0) is 55.9 Å². The Morgan fingerprint density at radius 3 is 2.44 bits per heavy atom. The average molecular weight is 392 g/mol. The Bertz CT molecular complexity index is 783. The third-order valence-corrected chi connectivity index (χ3v) is 4.20. The van der Waals surface area contributed by atoms with Crippen LogP contribution in [0.1, 0.15) is 12.5 Å². The first-order valence-electron chi connectivity index (χ1n) is 8.63. The van der Waals surface area contributed by atoms with E-state index >= 15 is 0 Å². The van der Waals surface area contributed by atoms with Crippen molar-refractivity contribution in [1.29, 1.82) is 0 Å². The minimum atomic E-state index is -0.327. The molecule has 0 heterocycles. The summed E-state index contributed by atoms with van der Waals surface area (Å²) in [5.41, 5.74) is 1.37. The molecule has 2 aromatic rings. The van der Waals surface area contributed by atoms with E-state index in [4.69, 9.17) is 11.6 Å². The number of hydrogen-bond acceptors (Lipinski definition) is 3. The Morgan fingerprint density at radius 2 is 1.81 bits per heavy atom. The van der Waals surface area contributed by atoms with Gasteiger partial charge in [0.05, 0.1) is 13.1 Å². The maximum absolute atomic E-state index is 13.3. The van der Waals surface area contributed by atoms with Crippen LogP contribution in [0.2, 0.25) is 5.02 Å². The van der Waals surface area contributed by atoms with Crippen molar-refractivity contribution in [3.8, 4) is 0 Å². The quantitative estimate of drug-likeness (QED) is 0.750. The Hall–Kier alpha value is -2.44. The number of benzene rings is 2. The zero-order valence-corrected chi connectivity index (χ0v) is 16.2. The van der Waals surface area contributed by atoms with E-state index in [1.807, 2.05) is 6.92 Å². The van der Waals surface area contributed by atoms with E-state index < -0.39 is 0 Å². The Balaban J connectivity index is 1.85. The Morgan fingerprint density at radius 1 is 1.11 bits per heavy atom. The van der Waals surface area contributed by atoms with Crippen LogP contribution >= 0.6 is 11.6 Å². The lowest BCUT2D eigenvalue weighted by Crippen LogP contribution is -2.41. The Kier molecular flexibility index (Phi) is 7.76. The topological polar surface area (TPSA) is 52.7 Å². The van der Waals surface area contributed by atoms with Crippen LogP contribution in [-0.4, -0.2) is 48.3 Å². The molecule has 0 unspecified atom stereocenters. The molecule has 144 valence electrons. The minimum absolute atomic E-state index is 0.0753. The van der Waals surface area contributed by atoms with E-state index in [1.165, 1.54) is 12.1 Å². The van der Waals surface area contributed by atoms with Gasteiger partial charge in [-0.2, -0.15) is 0 Å². The lowest BCUT2D eigenvalue weighted by atomic mass is 10.2. The number of likely N-dealkylation sites (N-methyl/N-ethyl adjacent to an activating group) is 2. The Labute approximate surface area is 163 Å². The maximum atomic E-state index is 13.3. The number of nitrogens with zero attached hydrogens (tertiary/aromatic N) is 2. The number of carbonyl (C=O) groups excluding carboxylic acids is 2. The van der Waals surface area contributed by atoms with Gasteiger partial charge < -0.3 is 10.2 Å². The zero-order chi connectivity index (χ0) is 19.8. The molecule has 2 aromatic carbocycles. The van der Waals surface area contributed by atoms with Crippen molar-refractivity contribution in [2.45, 2.75) is 13.5 Å². The van der Waals surface area contributed by atoms with Gasteiger partial charge in [0, 0.05) is 23.8 Å². The first kappa shape index (κ1) is 20.9. The van der Waals surface area contributed by atoms with Crippen molar-refractivity contribution < 1.29 is 14.0 Å². The lowest BCUT2D eigenvalue weighted by molar-refractivity contribution is -0.132. The number of carbonyl (C=O) groups is 2. The van der Waals surface area contributed by atoms with Gasteiger partial charge >= 0.3 is 0 Å². The zero-order valence-electron chi connectivity index (χ0n) is 15.4. The van der Waals surface area contributed by atoms with Crippen molar-refractivity contribution in [3.63, 3.8) is 0 Å². The molecule has 0 bridgehead atoms. The largest absolute Gasteiger partial charge is 0.338 e. The second-order valence-corrected chi connectivity index (χ2v) is 6.70. The average Bonchev–Trinajstić information content (AvgIpc) is 2.61. The van der Waals surface area contributed by atoms with Gasteiger partial charge in [-0.15, -0.1) is 0 Å². The number of amides is 2. The molecule has 2 amide bonds. The van der Waals surface area contributed by atoms with E-state index in [1.54, 1.807) is 53.2 Å². The molecule has 0 aliphatic rings. The second-order valence-electron chi connectivity index (χ2n) is 6.27. The van der Waals surface area contributed by atoms with E-state index in [0.29, 0.717) is 23.8 Å². The molecule has 0 saturated heterocycles. The summed E-state index contributed by atoms with van der Waals surface area (Å²) in [7, 11) is 1.70. The minimum Gasteiger partial charge on any atom is -0.338 e. The molecule has 27 heavy (non-hydrogen) atoms. The molecule has 0 spiro atoms. The molecule has 0 fully saturated rings. The van der Waals surface area contributed by atoms with Gasteiger partial charge in [0.1, 0.15) is 5.82 Å². The van der Waals surface area contributed by atoms with Crippen LogP contribution in [0.5, 0.6) is 0 Å². The van der Waals surface area contributed by atoms with E-state index in [0.717, 1.165) is 5.56 Å². The molecule has 5 nitrogen and oxygen atoms in total. The first-order valence-corrected chi connectivity index (χ1v) is 9.01. The normalized spacial score (nSPS) is 10.7. The number of anilines is 1. The summed E-state index contributed by atoms with van der Waals surface area (Å²) < 4.78 is 13.3. The molecular formula is C20H23ClFN3O2. The fourth-order valence-electron chi connectivity index (χ4n) is 2.60. The predicted molar refractivity (Wildman–Crippen MR) is 105 cm³/mol. The number of rotatable bonds is 8. The summed E-state index contributed by atoms with van der Waals surface area (Å²) in [6, 6.07) is 13.0. The van der Waals surface area contributed by atoms with Gasteiger partial charge in [-0.3, -0.25) is 14.5 Å². The van der Waals surface area contributed by atoms with Crippen LogP contribution < -0.4 is 5.32 Å². The summed E-state index contributed by atoms with van der Waals surface area (Å²) >= 11 is 5.82. The van der Waals surface area contributed by atoms with Crippen LogP contribution in [0.15, 0.2) is 48.5 Å². The number of nitrogens with one attached hydrogen (secondary N) is 1. The van der Waals surface area contributed by atoms with E-state index in [2.05, 4.69) is 5.32 Å². The summed E-state index contributed by atoms with van der Waals surface area (Å²) in [6.07, 6.45) is 0. The smallest absolute Gasteiger partial charge is 0.238 e. The fourth-order valence-corrected chi connectivity index (χ4v) is 2.72. The van der Waals surface area contributed by atoms with Gasteiger partial charge in [0.25, 0.3) is 0 Å². The van der Waals surface area contributed by atoms with Gasteiger partial charge in [-0.1, -0.05) is 23.7 Å². The third kappa shape index (κ3) is 7.00. The maximum Gasteiger partial charge on any atom is 0.238 e. The fraction of sp³-hybridized carbons (Fsp3) is 0.300. The summed E-state index contributed by atoms with van der Waals surface area (Å²) in [4.78, 5) is 27.9. The highest BCUT2D eigenvalue weighted by Gasteiger charge is 2.16. The second kappa shape index (κ2) is 10.0. The molecule has 0 aliphatic carbocycles.